The Morgan fingerprint density at radius 3 is 3.00 bits per heavy atom. The van der Waals surface area contributed by atoms with Crippen LogP contribution in [0.1, 0.15) is 18.5 Å². The van der Waals surface area contributed by atoms with Gasteiger partial charge < -0.3 is 15.3 Å². The van der Waals surface area contributed by atoms with Crippen LogP contribution in [0.5, 0.6) is 0 Å². The second-order valence-electron chi connectivity index (χ2n) is 4.19. The van der Waals surface area contributed by atoms with E-state index in [1.165, 1.54) is 37.3 Å². The Morgan fingerprint density at radius 1 is 1.53 bits per heavy atom. The standard InChI is InChI=1S/C11H17N3O2S/c15-10(16)7-9-8-17-11(13-9)12-3-6-14-4-1-2-5-14/h8H,1-7H2,(H,12,13)(H,15,16). The lowest BCUT2D eigenvalue weighted by Gasteiger charge is -2.14. The van der Waals surface area contributed by atoms with E-state index in [0.29, 0.717) is 5.69 Å². The first-order chi connectivity index (χ1) is 8.24. The van der Waals surface area contributed by atoms with Crippen molar-refractivity contribution < 1.29 is 9.90 Å². The molecular weight excluding hydrogens is 238 g/mol. The molecule has 94 valence electrons. The molecule has 0 aromatic carbocycles. The van der Waals surface area contributed by atoms with Crippen molar-refractivity contribution in [3.63, 3.8) is 0 Å². The van der Waals surface area contributed by atoms with Crippen LogP contribution in [-0.4, -0.2) is 47.1 Å². The Hall–Kier alpha value is -1.14. The number of thiazole rings is 1. The monoisotopic (exact) mass is 255 g/mol. The van der Waals surface area contributed by atoms with Gasteiger partial charge in [0.05, 0.1) is 12.1 Å². The van der Waals surface area contributed by atoms with E-state index in [0.717, 1.165) is 18.2 Å². The molecule has 1 aromatic heterocycles. The van der Waals surface area contributed by atoms with Crippen molar-refractivity contribution >= 4 is 22.4 Å². The molecular formula is C11H17N3O2S. The summed E-state index contributed by atoms with van der Waals surface area (Å²) in [4.78, 5) is 17.2. The Bertz CT molecular complexity index is 375. The van der Waals surface area contributed by atoms with Gasteiger partial charge in [0.1, 0.15) is 0 Å². The van der Waals surface area contributed by atoms with Gasteiger partial charge in [-0.05, 0) is 25.9 Å². The normalized spacial score (nSPS) is 16.2. The molecule has 1 aliphatic heterocycles. The van der Waals surface area contributed by atoms with Crippen molar-refractivity contribution in [3.8, 4) is 0 Å². The zero-order valence-corrected chi connectivity index (χ0v) is 10.5. The number of aliphatic carboxylic acids is 1. The van der Waals surface area contributed by atoms with Crippen molar-refractivity contribution in [2.45, 2.75) is 19.3 Å². The molecule has 0 radical (unpaired) electrons. The third-order valence-electron chi connectivity index (χ3n) is 2.79. The number of carbonyl (C=O) groups is 1. The molecule has 0 aliphatic carbocycles. The topological polar surface area (TPSA) is 65.5 Å². The van der Waals surface area contributed by atoms with Gasteiger partial charge >= 0.3 is 5.97 Å². The molecule has 0 spiro atoms. The summed E-state index contributed by atoms with van der Waals surface area (Å²) in [5.74, 6) is -0.834. The quantitative estimate of drug-likeness (QED) is 0.801. The van der Waals surface area contributed by atoms with Crippen LogP contribution in [0.4, 0.5) is 5.13 Å². The fourth-order valence-electron chi connectivity index (χ4n) is 1.95. The summed E-state index contributed by atoms with van der Waals surface area (Å²) >= 11 is 1.47. The number of aromatic nitrogens is 1. The molecule has 6 heteroatoms. The van der Waals surface area contributed by atoms with E-state index >= 15 is 0 Å². The van der Waals surface area contributed by atoms with Crippen molar-refractivity contribution in [1.82, 2.24) is 9.88 Å². The smallest absolute Gasteiger partial charge is 0.309 e. The number of carboxylic acid groups (broad SMARTS) is 1. The van der Waals surface area contributed by atoms with E-state index < -0.39 is 5.97 Å². The van der Waals surface area contributed by atoms with E-state index in [4.69, 9.17) is 5.11 Å². The maximum atomic E-state index is 10.5. The van der Waals surface area contributed by atoms with Gasteiger partial charge in [0.15, 0.2) is 5.13 Å². The Morgan fingerprint density at radius 2 is 2.29 bits per heavy atom. The van der Waals surface area contributed by atoms with Crippen LogP contribution in [0.2, 0.25) is 0 Å². The predicted octanol–water partition coefficient (Wildman–Crippen LogP) is 1.28. The summed E-state index contributed by atoms with van der Waals surface area (Å²) in [6.07, 6.45) is 2.62. The summed E-state index contributed by atoms with van der Waals surface area (Å²) in [5, 5.41) is 14.5. The molecule has 1 fully saturated rings. The number of rotatable bonds is 6. The number of nitrogens with zero attached hydrogens (tertiary/aromatic N) is 2. The number of hydrogen-bond acceptors (Lipinski definition) is 5. The first-order valence-electron chi connectivity index (χ1n) is 5.86. The molecule has 2 rings (SSSR count). The third-order valence-corrected chi connectivity index (χ3v) is 3.64. The highest BCUT2D eigenvalue weighted by molar-refractivity contribution is 7.13. The van der Waals surface area contributed by atoms with E-state index in [-0.39, 0.29) is 6.42 Å². The minimum atomic E-state index is -0.834. The average molecular weight is 255 g/mol. The van der Waals surface area contributed by atoms with Gasteiger partial charge in [0.2, 0.25) is 0 Å². The summed E-state index contributed by atoms with van der Waals surface area (Å²) < 4.78 is 0. The molecule has 0 unspecified atom stereocenters. The number of likely N-dealkylation sites (tertiary alicyclic amines) is 1. The van der Waals surface area contributed by atoms with Crippen LogP contribution in [0.25, 0.3) is 0 Å². The van der Waals surface area contributed by atoms with Crippen molar-refractivity contribution in [1.29, 1.82) is 0 Å². The van der Waals surface area contributed by atoms with Gasteiger partial charge in [0, 0.05) is 18.5 Å². The summed E-state index contributed by atoms with van der Waals surface area (Å²) in [5.41, 5.74) is 0.631. The summed E-state index contributed by atoms with van der Waals surface area (Å²) in [7, 11) is 0. The molecule has 0 saturated carbocycles. The Kier molecular flexibility index (Phi) is 4.33. The zero-order valence-electron chi connectivity index (χ0n) is 9.69. The Balaban J connectivity index is 1.71. The van der Waals surface area contributed by atoms with Gasteiger partial charge in [-0.15, -0.1) is 11.3 Å². The van der Waals surface area contributed by atoms with Crippen LogP contribution in [0, 0.1) is 0 Å². The van der Waals surface area contributed by atoms with Crippen LogP contribution >= 0.6 is 11.3 Å². The first-order valence-corrected chi connectivity index (χ1v) is 6.74. The fraction of sp³-hybridized carbons (Fsp3) is 0.636. The van der Waals surface area contributed by atoms with E-state index in [1.807, 2.05) is 0 Å². The molecule has 5 nitrogen and oxygen atoms in total. The van der Waals surface area contributed by atoms with E-state index in [2.05, 4.69) is 15.2 Å². The number of anilines is 1. The van der Waals surface area contributed by atoms with Crippen LogP contribution < -0.4 is 5.32 Å². The zero-order chi connectivity index (χ0) is 12.1. The highest BCUT2D eigenvalue weighted by Gasteiger charge is 2.11. The predicted molar refractivity (Wildman–Crippen MR) is 67.6 cm³/mol. The van der Waals surface area contributed by atoms with Crippen molar-refractivity contribution in [2.75, 3.05) is 31.5 Å². The molecule has 2 N–H and O–H groups in total. The van der Waals surface area contributed by atoms with Gasteiger partial charge in [-0.1, -0.05) is 0 Å². The maximum absolute atomic E-state index is 10.5. The van der Waals surface area contributed by atoms with Crippen LogP contribution in [-0.2, 0) is 11.2 Å². The molecule has 17 heavy (non-hydrogen) atoms. The minimum absolute atomic E-state index is 0.00427. The SMILES string of the molecule is O=C(O)Cc1csc(NCCN2CCCC2)n1. The molecule has 1 saturated heterocycles. The molecule has 1 aromatic rings. The summed E-state index contributed by atoms with van der Waals surface area (Å²) in [6.45, 7) is 4.31. The van der Waals surface area contributed by atoms with Gasteiger partial charge in [-0.2, -0.15) is 0 Å². The molecule has 2 heterocycles. The first kappa shape index (κ1) is 12.3. The maximum Gasteiger partial charge on any atom is 0.309 e. The van der Waals surface area contributed by atoms with Crippen LogP contribution in [0.15, 0.2) is 5.38 Å². The molecule has 1 aliphatic rings. The van der Waals surface area contributed by atoms with Gasteiger partial charge in [0.25, 0.3) is 0 Å². The molecule has 0 amide bonds. The number of carboxylic acids is 1. The van der Waals surface area contributed by atoms with Gasteiger partial charge in [-0.3, -0.25) is 4.79 Å². The second-order valence-corrected chi connectivity index (χ2v) is 5.05. The highest BCUT2D eigenvalue weighted by atomic mass is 32.1. The third kappa shape index (κ3) is 3.98. The van der Waals surface area contributed by atoms with Gasteiger partial charge in [-0.25, -0.2) is 4.98 Å². The Labute approximate surface area is 104 Å². The second kappa shape index (κ2) is 5.97. The average Bonchev–Trinajstić information content (AvgIpc) is 2.89. The lowest BCUT2D eigenvalue weighted by Crippen LogP contribution is -2.25. The fourth-order valence-corrected chi connectivity index (χ4v) is 2.69. The van der Waals surface area contributed by atoms with Crippen molar-refractivity contribution in [3.05, 3.63) is 11.1 Å². The minimum Gasteiger partial charge on any atom is -0.481 e. The van der Waals surface area contributed by atoms with Crippen LogP contribution in [0.3, 0.4) is 0 Å². The lowest BCUT2D eigenvalue weighted by molar-refractivity contribution is -0.136. The van der Waals surface area contributed by atoms with Crippen molar-refractivity contribution in [2.24, 2.45) is 0 Å². The van der Waals surface area contributed by atoms with E-state index in [9.17, 15) is 4.79 Å². The highest BCUT2D eigenvalue weighted by Crippen LogP contribution is 2.15. The number of hydrogen-bond donors (Lipinski definition) is 2. The largest absolute Gasteiger partial charge is 0.481 e. The molecule has 0 bridgehead atoms. The van der Waals surface area contributed by atoms with E-state index in [1.54, 1.807) is 5.38 Å². The molecule has 0 atom stereocenters. The summed E-state index contributed by atoms with van der Waals surface area (Å²) in [6, 6.07) is 0. The number of nitrogens with one attached hydrogen (secondary N) is 1. The lowest BCUT2D eigenvalue weighted by atomic mass is 10.3.